The van der Waals surface area contributed by atoms with Crippen LogP contribution in [0.3, 0.4) is 0 Å². The van der Waals surface area contributed by atoms with Crippen LogP contribution in [0.15, 0.2) is 36.4 Å². The summed E-state index contributed by atoms with van der Waals surface area (Å²) in [7, 11) is 0. The Hall–Kier alpha value is -2.87. The van der Waals surface area contributed by atoms with Gasteiger partial charge in [0.1, 0.15) is 11.9 Å². The van der Waals surface area contributed by atoms with Crippen molar-refractivity contribution in [3.8, 4) is 11.8 Å². The first kappa shape index (κ1) is 12.2. The summed E-state index contributed by atoms with van der Waals surface area (Å²) in [5.41, 5.74) is 9.28. The van der Waals surface area contributed by atoms with Crippen LogP contribution >= 0.6 is 0 Å². The van der Waals surface area contributed by atoms with E-state index in [1.165, 1.54) is 18.2 Å². The van der Waals surface area contributed by atoms with E-state index in [-0.39, 0.29) is 11.5 Å². The number of nitriles is 1. The van der Waals surface area contributed by atoms with E-state index in [9.17, 15) is 9.65 Å². The number of anilines is 1. The Morgan fingerprint density at radius 2 is 2.10 bits per heavy atom. The number of halogens is 1. The van der Waals surface area contributed by atoms with E-state index in [1.807, 2.05) is 31.2 Å². The highest BCUT2D eigenvalue weighted by molar-refractivity contribution is 5.84. The van der Waals surface area contributed by atoms with Gasteiger partial charge in [-0.3, -0.25) is 4.57 Å². The predicted molar refractivity (Wildman–Crippen MR) is 74.9 cm³/mol. The molecule has 2 N–H and O–H groups in total. The van der Waals surface area contributed by atoms with Crippen molar-refractivity contribution in [3.05, 3.63) is 53.3 Å². The maximum Gasteiger partial charge on any atom is 0.205 e. The number of aryl methyl sites for hydroxylation is 1. The number of imidazole rings is 1. The number of benzene rings is 2. The monoisotopic (exact) mass is 266 g/mol. The summed E-state index contributed by atoms with van der Waals surface area (Å²) in [6.07, 6.45) is 0. The average molecular weight is 266 g/mol. The number of nitrogen functional groups attached to an aromatic ring is 1. The molecule has 3 rings (SSSR count). The summed E-state index contributed by atoms with van der Waals surface area (Å²) in [6.45, 7) is 1.94. The van der Waals surface area contributed by atoms with Gasteiger partial charge in [-0.1, -0.05) is 12.1 Å². The minimum atomic E-state index is -0.454. The van der Waals surface area contributed by atoms with Crippen LogP contribution in [-0.2, 0) is 0 Å². The van der Waals surface area contributed by atoms with Crippen LogP contribution in [0.4, 0.5) is 10.3 Å². The zero-order valence-corrected chi connectivity index (χ0v) is 10.8. The Labute approximate surface area is 114 Å². The fourth-order valence-corrected chi connectivity index (χ4v) is 2.35. The predicted octanol–water partition coefficient (Wildman–Crippen LogP) is 2.93. The summed E-state index contributed by atoms with van der Waals surface area (Å²) in [4.78, 5) is 4.29. The van der Waals surface area contributed by atoms with E-state index in [0.29, 0.717) is 5.69 Å². The molecule has 0 saturated carbocycles. The number of aromatic nitrogens is 2. The molecule has 0 unspecified atom stereocenters. The van der Waals surface area contributed by atoms with Crippen LogP contribution in [0.2, 0.25) is 0 Å². The lowest BCUT2D eigenvalue weighted by Crippen LogP contribution is -2.03. The number of rotatable bonds is 1. The molecule has 0 aliphatic rings. The van der Waals surface area contributed by atoms with Gasteiger partial charge in [-0.2, -0.15) is 5.26 Å². The van der Waals surface area contributed by atoms with Crippen LogP contribution in [0.25, 0.3) is 16.7 Å². The number of hydrogen-bond acceptors (Lipinski definition) is 3. The van der Waals surface area contributed by atoms with E-state index in [4.69, 9.17) is 5.73 Å². The van der Waals surface area contributed by atoms with Crippen LogP contribution in [-0.4, -0.2) is 9.55 Å². The molecule has 0 atom stereocenters. The maximum absolute atomic E-state index is 13.3. The third kappa shape index (κ3) is 1.70. The van der Waals surface area contributed by atoms with Crippen LogP contribution in [0.5, 0.6) is 0 Å². The Morgan fingerprint density at radius 3 is 2.85 bits per heavy atom. The fraction of sp³-hybridized carbons (Fsp3) is 0.0667. The van der Waals surface area contributed by atoms with Crippen molar-refractivity contribution in [2.45, 2.75) is 6.92 Å². The van der Waals surface area contributed by atoms with Gasteiger partial charge in [-0.25, -0.2) is 9.37 Å². The third-order valence-corrected chi connectivity index (χ3v) is 3.22. The Morgan fingerprint density at radius 1 is 1.30 bits per heavy atom. The fourth-order valence-electron chi connectivity index (χ4n) is 2.35. The van der Waals surface area contributed by atoms with Gasteiger partial charge in [0.2, 0.25) is 5.95 Å². The standard InChI is InChI=1S/C15H11FN4/c1-9-3-2-4-12-14(9)20(15(18)19-12)13-6-5-11(16)7-10(13)8-17/h2-7H,1H3,(H2,18,19). The van der Waals surface area contributed by atoms with Crippen LogP contribution in [0, 0.1) is 24.1 Å². The second-order valence-electron chi connectivity index (χ2n) is 4.52. The highest BCUT2D eigenvalue weighted by atomic mass is 19.1. The van der Waals surface area contributed by atoms with E-state index in [2.05, 4.69) is 4.98 Å². The molecular weight excluding hydrogens is 255 g/mol. The zero-order valence-electron chi connectivity index (χ0n) is 10.8. The van der Waals surface area contributed by atoms with E-state index >= 15 is 0 Å². The molecule has 0 saturated heterocycles. The summed E-state index contributed by atoms with van der Waals surface area (Å²) in [5.74, 6) is -0.178. The summed E-state index contributed by atoms with van der Waals surface area (Å²) in [6, 6.07) is 11.7. The summed E-state index contributed by atoms with van der Waals surface area (Å²) < 4.78 is 14.9. The van der Waals surface area contributed by atoms with Crippen LogP contribution < -0.4 is 5.73 Å². The van der Waals surface area contributed by atoms with Gasteiger partial charge >= 0.3 is 0 Å². The van der Waals surface area contributed by atoms with Gasteiger partial charge in [-0.15, -0.1) is 0 Å². The second kappa shape index (κ2) is 4.35. The molecule has 20 heavy (non-hydrogen) atoms. The van der Waals surface area contributed by atoms with Gasteiger partial charge < -0.3 is 5.73 Å². The summed E-state index contributed by atoms with van der Waals surface area (Å²) in [5, 5.41) is 9.18. The second-order valence-corrected chi connectivity index (χ2v) is 4.52. The van der Waals surface area contributed by atoms with Crippen molar-refractivity contribution in [1.82, 2.24) is 9.55 Å². The molecule has 0 fully saturated rings. The SMILES string of the molecule is Cc1cccc2nc(N)n(-c3ccc(F)cc3C#N)c12. The molecule has 1 aromatic heterocycles. The van der Waals surface area contributed by atoms with Crippen molar-refractivity contribution in [3.63, 3.8) is 0 Å². The first-order valence-corrected chi connectivity index (χ1v) is 6.05. The van der Waals surface area contributed by atoms with Gasteiger partial charge in [-0.05, 0) is 36.8 Å². The van der Waals surface area contributed by atoms with Gasteiger partial charge in [0, 0.05) is 0 Å². The van der Waals surface area contributed by atoms with Gasteiger partial charge in [0.25, 0.3) is 0 Å². The van der Waals surface area contributed by atoms with Crippen LogP contribution in [0.1, 0.15) is 11.1 Å². The third-order valence-electron chi connectivity index (χ3n) is 3.22. The molecule has 4 nitrogen and oxygen atoms in total. The van der Waals surface area contributed by atoms with E-state index in [0.717, 1.165) is 16.6 Å². The lowest BCUT2D eigenvalue weighted by molar-refractivity contribution is 0.627. The topological polar surface area (TPSA) is 67.6 Å². The molecular formula is C15H11FN4. The molecule has 5 heteroatoms. The highest BCUT2D eigenvalue weighted by Gasteiger charge is 2.15. The van der Waals surface area contributed by atoms with Crippen molar-refractivity contribution < 1.29 is 4.39 Å². The first-order chi connectivity index (χ1) is 9.61. The molecule has 0 radical (unpaired) electrons. The van der Waals surface area contributed by atoms with Crippen molar-refractivity contribution in [2.75, 3.05) is 5.73 Å². The minimum absolute atomic E-state index is 0.222. The van der Waals surface area contributed by atoms with Gasteiger partial charge in [0.15, 0.2) is 0 Å². The normalized spacial score (nSPS) is 10.7. The largest absolute Gasteiger partial charge is 0.369 e. The Kier molecular flexibility index (Phi) is 2.65. The molecule has 0 amide bonds. The molecule has 0 aliphatic carbocycles. The summed E-state index contributed by atoms with van der Waals surface area (Å²) >= 11 is 0. The van der Waals surface area contributed by atoms with Gasteiger partial charge in [0.05, 0.1) is 22.3 Å². The van der Waals surface area contributed by atoms with Crippen molar-refractivity contribution >= 4 is 17.0 Å². The zero-order chi connectivity index (χ0) is 14.3. The Bertz CT molecular complexity index is 858. The molecule has 0 aliphatic heterocycles. The maximum atomic E-state index is 13.3. The number of nitrogens with two attached hydrogens (primary N) is 1. The van der Waals surface area contributed by atoms with Crippen molar-refractivity contribution in [1.29, 1.82) is 5.26 Å². The molecule has 2 aromatic carbocycles. The van der Waals surface area contributed by atoms with E-state index in [1.54, 1.807) is 4.57 Å². The number of para-hydroxylation sites is 1. The van der Waals surface area contributed by atoms with E-state index < -0.39 is 5.82 Å². The number of fused-ring (bicyclic) bond motifs is 1. The molecule has 0 spiro atoms. The quantitative estimate of drug-likeness (QED) is 0.736. The first-order valence-electron chi connectivity index (χ1n) is 6.05. The smallest absolute Gasteiger partial charge is 0.205 e. The number of hydrogen-bond donors (Lipinski definition) is 1. The molecule has 98 valence electrons. The molecule has 0 bridgehead atoms. The Balaban J connectivity index is 2.42. The number of nitrogens with zero attached hydrogens (tertiary/aromatic N) is 3. The molecule has 3 aromatic rings. The molecule has 1 heterocycles. The highest BCUT2D eigenvalue weighted by Crippen LogP contribution is 2.27. The lowest BCUT2D eigenvalue weighted by atomic mass is 10.1. The lowest BCUT2D eigenvalue weighted by Gasteiger charge is -2.10. The van der Waals surface area contributed by atoms with Crippen molar-refractivity contribution in [2.24, 2.45) is 0 Å². The minimum Gasteiger partial charge on any atom is -0.369 e. The average Bonchev–Trinajstić information content (AvgIpc) is 2.76.